The quantitative estimate of drug-likeness (QED) is 0.536. The fourth-order valence-electron chi connectivity index (χ4n) is 3.70. The van der Waals surface area contributed by atoms with Gasteiger partial charge in [-0.2, -0.15) is 0 Å². The molecule has 4 heterocycles. The first kappa shape index (κ1) is 19.4. The van der Waals surface area contributed by atoms with Crippen LogP contribution in [-0.2, 0) is 18.9 Å². The van der Waals surface area contributed by atoms with Gasteiger partial charge >= 0.3 is 6.92 Å². The van der Waals surface area contributed by atoms with Crippen molar-refractivity contribution in [2.75, 3.05) is 32.9 Å². The van der Waals surface area contributed by atoms with Crippen LogP contribution in [0.25, 0.3) is 17.1 Å². The molecule has 0 spiro atoms. The first-order valence-electron chi connectivity index (χ1n) is 10.5. The number of nitrogens with one attached hydrogen (secondary N) is 2. The van der Waals surface area contributed by atoms with Crippen molar-refractivity contribution in [3.63, 3.8) is 0 Å². The van der Waals surface area contributed by atoms with Gasteiger partial charge in [-0.1, -0.05) is 6.82 Å². The molecule has 2 fully saturated rings. The Morgan fingerprint density at radius 3 is 3.03 bits per heavy atom. The standard InChI is InChI=1S/C21H25BN4O4/c1-22(29-13-14-4-5-14)18-19(27)17(30-21(18)25-26-7-9-28-10-8-26)11-15-12-24-20-16(15)3-2-6-23-20/h2-3,6,11-12,14,25H,4-5,7-10,13H2,1H3,(H,23,24)/b17-11-. The highest BCUT2D eigenvalue weighted by Crippen LogP contribution is 2.32. The predicted molar refractivity (Wildman–Crippen MR) is 113 cm³/mol. The van der Waals surface area contributed by atoms with Gasteiger partial charge in [-0.05, 0) is 37.0 Å². The van der Waals surface area contributed by atoms with Crippen LogP contribution in [0.1, 0.15) is 18.4 Å². The number of aromatic amines is 1. The summed E-state index contributed by atoms with van der Waals surface area (Å²) in [6.45, 7) is 4.97. The molecule has 9 heteroatoms. The van der Waals surface area contributed by atoms with Crippen molar-refractivity contribution in [1.29, 1.82) is 0 Å². The fourth-order valence-corrected chi connectivity index (χ4v) is 3.70. The Morgan fingerprint density at radius 1 is 1.40 bits per heavy atom. The molecular weight excluding hydrogens is 383 g/mol. The molecule has 1 saturated heterocycles. The van der Waals surface area contributed by atoms with Crippen molar-refractivity contribution in [3.05, 3.63) is 47.2 Å². The summed E-state index contributed by atoms with van der Waals surface area (Å²) in [5, 5.41) is 2.95. The Morgan fingerprint density at radius 2 is 2.23 bits per heavy atom. The zero-order valence-corrected chi connectivity index (χ0v) is 17.0. The first-order chi connectivity index (χ1) is 14.7. The van der Waals surface area contributed by atoms with Gasteiger partial charge in [-0.25, -0.2) is 9.99 Å². The number of allylic oxidation sites excluding steroid dienone is 1. The van der Waals surface area contributed by atoms with Crippen LogP contribution in [-0.4, -0.2) is 60.6 Å². The minimum Gasteiger partial charge on any atom is -0.436 e. The second-order valence-corrected chi connectivity index (χ2v) is 7.96. The van der Waals surface area contributed by atoms with Crippen LogP contribution >= 0.6 is 0 Å². The van der Waals surface area contributed by atoms with Crippen molar-refractivity contribution in [2.45, 2.75) is 19.7 Å². The van der Waals surface area contributed by atoms with E-state index in [4.69, 9.17) is 14.1 Å². The van der Waals surface area contributed by atoms with Gasteiger partial charge in [0.25, 0.3) is 0 Å². The average Bonchev–Trinajstić information content (AvgIpc) is 3.44. The van der Waals surface area contributed by atoms with E-state index in [0.717, 1.165) is 29.7 Å². The molecule has 2 N–H and O–H groups in total. The van der Waals surface area contributed by atoms with Gasteiger partial charge in [0.2, 0.25) is 11.7 Å². The lowest BCUT2D eigenvalue weighted by Crippen LogP contribution is -2.46. The number of ether oxygens (including phenoxy) is 2. The highest BCUT2D eigenvalue weighted by atomic mass is 16.5. The normalized spacial score (nSPS) is 21.5. The highest BCUT2D eigenvalue weighted by molar-refractivity contribution is 6.67. The number of fused-ring (bicyclic) bond motifs is 1. The van der Waals surface area contributed by atoms with E-state index in [0.29, 0.717) is 37.1 Å². The van der Waals surface area contributed by atoms with Crippen LogP contribution in [0, 0.1) is 5.92 Å². The molecule has 3 aliphatic rings. The summed E-state index contributed by atoms with van der Waals surface area (Å²) in [4.78, 5) is 20.7. The number of H-pyrrole nitrogens is 1. The number of morpholine rings is 1. The molecule has 0 atom stereocenters. The van der Waals surface area contributed by atoms with Crippen LogP contribution in [0.2, 0.25) is 6.82 Å². The molecular formula is C21H25BN4O4. The number of hydrazine groups is 1. The van der Waals surface area contributed by atoms with E-state index in [-0.39, 0.29) is 18.5 Å². The number of hydrogen-bond acceptors (Lipinski definition) is 7. The lowest BCUT2D eigenvalue weighted by molar-refractivity contribution is -0.112. The topological polar surface area (TPSA) is 88.7 Å². The molecule has 0 aromatic carbocycles. The summed E-state index contributed by atoms with van der Waals surface area (Å²) < 4.78 is 17.5. The molecule has 0 radical (unpaired) electrons. The van der Waals surface area contributed by atoms with Crippen LogP contribution in [0.15, 0.2) is 41.6 Å². The Labute approximate surface area is 175 Å². The predicted octanol–water partition coefficient (Wildman–Crippen LogP) is 2.14. The summed E-state index contributed by atoms with van der Waals surface area (Å²) in [7, 11) is 0. The van der Waals surface area contributed by atoms with E-state index in [1.165, 1.54) is 12.8 Å². The number of pyridine rings is 1. The maximum Gasteiger partial charge on any atom is 0.333 e. The first-order valence-corrected chi connectivity index (χ1v) is 10.5. The number of Topliss-reactive ketones (excluding diaryl/α,β-unsaturated/α-hetero) is 1. The minimum absolute atomic E-state index is 0.146. The third-order valence-corrected chi connectivity index (χ3v) is 5.65. The Bertz CT molecular complexity index is 1010. The fraction of sp³-hybridized carbons (Fsp3) is 0.429. The van der Waals surface area contributed by atoms with Gasteiger partial charge in [-0.15, -0.1) is 0 Å². The minimum atomic E-state index is -0.350. The second kappa shape index (κ2) is 8.25. The summed E-state index contributed by atoms with van der Waals surface area (Å²) in [5.74, 6) is 1.21. The highest BCUT2D eigenvalue weighted by Gasteiger charge is 2.38. The van der Waals surface area contributed by atoms with Gasteiger partial charge < -0.3 is 19.1 Å². The SMILES string of the molecule is CB(OCC1CC1)C1=C(NN2CCOCC2)O/C(=C\c2c[nH]c3ncccc23)C1=O. The molecule has 2 aromatic rings. The molecule has 30 heavy (non-hydrogen) atoms. The van der Waals surface area contributed by atoms with Gasteiger partial charge in [-0.3, -0.25) is 10.2 Å². The molecule has 2 aliphatic heterocycles. The Hall–Kier alpha value is -2.62. The van der Waals surface area contributed by atoms with Crippen LogP contribution < -0.4 is 5.43 Å². The molecule has 1 aliphatic carbocycles. The van der Waals surface area contributed by atoms with E-state index in [2.05, 4.69) is 15.4 Å². The van der Waals surface area contributed by atoms with Crippen LogP contribution in [0.5, 0.6) is 0 Å². The monoisotopic (exact) mass is 408 g/mol. The molecule has 5 rings (SSSR count). The number of carbonyl (C=O) groups is 1. The number of aromatic nitrogens is 2. The summed E-state index contributed by atoms with van der Waals surface area (Å²) >= 11 is 0. The zero-order chi connectivity index (χ0) is 20.5. The molecule has 2 aromatic heterocycles. The number of carbonyl (C=O) groups excluding carboxylic acids is 1. The van der Waals surface area contributed by atoms with Gasteiger partial charge in [0.15, 0.2) is 5.76 Å². The maximum atomic E-state index is 13.3. The largest absolute Gasteiger partial charge is 0.436 e. The van der Waals surface area contributed by atoms with E-state index in [1.807, 2.05) is 30.2 Å². The van der Waals surface area contributed by atoms with Crippen molar-refractivity contribution < 1.29 is 18.9 Å². The van der Waals surface area contributed by atoms with Gasteiger partial charge in [0.05, 0.1) is 18.7 Å². The van der Waals surface area contributed by atoms with Crippen molar-refractivity contribution >= 4 is 29.8 Å². The number of rotatable bonds is 7. The third kappa shape index (κ3) is 4.01. The molecule has 0 unspecified atom stereocenters. The Balaban J connectivity index is 1.41. The van der Waals surface area contributed by atoms with Crippen LogP contribution in [0.4, 0.5) is 0 Å². The smallest absolute Gasteiger partial charge is 0.333 e. The lowest BCUT2D eigenvalue weighted by Gasteiger charge is -2.28. The molecule has 156 valence electrons. The zero-order valence-electron chi connectivity index (χ0n) is 17.0. The summed E-state index contributed by atoms with van der Waals surface area (Å²) in [5.41, 5.74) is 5.45. The Kier molecular flexibility index (Phi) is 5.33. The summed E-state index contributed by atoms with van der Waals surface area (Å²) in [6, 6.07) is 3.84. The van der Waals surface area contributed by atoms with Gasteiger partial charge in [0.1, 0.15) is 5.65 Å². The number of nitrogens with zero attached hydrogens (tertiary/aromatic N) is 2. The lowest BCUT2D eigenvalue weighted by atomic mass is 9.61. The van der Waals surface area contributed by atoms with E-state index in [1.54, 1.807) is 12.3 Å². The van der Waals surface area contributed by atoms with Crippen molar-refractivity contribution in [1.82, 2.24) is 20.4 Å². The van der Waals surface area contributed by atoms with E-state index in [9.17, 15) is 4.79 Å². The maximum absolute atomic E-state index is 13.3. The van der Waals surface area contributed by atoms with E-state index < -0.39 is 0 Å². The van der Waals surface area contributed by atoms with Crippen LogP contribution in [0.3, 0.4) is 0 Å². The van der Waals surface area contributed by atoms with Crippen molar-refractivity contribution in [3.8, 4) is 0 Å². The van der Waals surface area contributed by atoms with Crippen molar-refractivity contribution in [2.24, 2.45) is 5.92 Å². The average molecular weight is 408 g/mol. The third-order valence-electron chi connectivity index (χ3n) is 5.65. The molecule has 8 nitrogen and oxygen atoms in total. The second-order valence-electron chi connectivity index (χ2n) is 7.96. The molecule has 0 bridgehead atoms. The van der Waals surface area contributed by atoms with Gasteiger partial charge in [0, 0.05) is 43.0 Å². The summed E-state index contributed by atoms with van der Waals surface area (Å²) in [6.07, 6.45) is 7.74. The molecule has 1 saturated carbocycles. The molecule has 0 amide bonds. The number of hydrogen-bond donors (Lipinski definition) is 2. The van der Waals surface area contributed by atoms with E-state index >= 15 is 0 Å². The number of ketones is 1.